The standard InChI is InChI=1S/C11H16FN3O3S/c1-7(6-13)15-19(17,18)11-4-3-9(5-10(11)12)14-8(2)16/h3-5,7,15H,6,13H2,1-2H3,(H,14,16)/t7-/m1/s1. The summed E-state index contributed by atoms with van der Waals surface area (Å²) < 4.78 is 39.7. The quantitative estimate of drug-likeness (QED) is 0.730. The first-order valence-electron chi connectivity index (χ1n) is 5.56. The van der Waals surface area contributed by atoms with E-state index in [9.17, 15) is 17.6 Å². The minimum atomic E-state index is -3.97. The molecule has 1 aromatic carbocycles. The van der Waals surface area contributed by atoms with Gasteiger partial charge >= 0.3 is 0 Å². The molecule has 1 rings (SSSR count). The summed E-state index contributed by atoms with van der Waals surface area (Å²) in [6.45, 7) is 2.94. The summed E-state index contributed by atoms with van der Waals surface area (Å²) in [5, 5.41) is 2.36. The van der Waals surface area contributed by atoms with E-state index in [2.05, 4.69) is 10.0 Å². The third-order valence-corrected chi connectivity index (χ3v) is 3.87. The van der Waals surface area contributed by atoms with Gasteiger partial charge in [0.25, 0.3) is 0 Å². The lowest BCUT2D eigenvalue weighted by Crippen LogP contribution is -2.38. The van der Waals surface area contributed by atoms with Gasteiger partial charge in [-0.15, -0.1) is 0 Å². The van der Waals surface area contributed by atoms with Crippen LogP contribution in [0.5, 0.6) is 0 Å². The second-order valence-electron chi connectivity index (χ2n) is 4.08. The van der Waals surface area contributed by atoms with Crippen molar-refractivity contribution in [3.05, 3.63) is 24.0 Å². The van der Waals surface area contributed by atoms with Crippen LogP contribution in [0.15, 0.2) is 23.1 Å². The molecule has 0 bridgehead atoms. The van der Waals surface area contributed by atoms with E-state index in [1.54, 1.807) is 6.92 Å². The average molecular weight is 289 g/mol. The fourth-order valence-corrected chi connectivity index (χ4v) is 2.69. The first kappa shape index (κ1) is 15.5. The molecular weight excluding hydrogens is 273 g/mol. The molecule has 1 atom stereocenters. The Labute approximate surface area is 111 Å². The van der Waals surface area contributed by atoms with Crippen molar-refractivity contribution in [1.29, 1.82) is 0 Å². The van der Waals surface area contributed by atoms with Crippen LogP contribution >= 0.6 is 0 Å². The molecule has 0 aliphatic heterocycles. The number of nitrogens with one attached hydrogen (secondary N) is 2. The van der Waals surface area contributed by atoms with Crippen LogP contribution in [0.2, 0.25) is 0 Å². The second-order valence-corrected chi connectivity index (χ2v) is 5.77. The molecule has 6 nitrogen and oxygen atoms in total. The largest absolute Gasteiger partial charge is 0.329 e. The predicted octanol–water partition coefficient (Wildman–Crippen LogP) is 0.410. The molecule has 0 aliphatic carbocycles. The van der Waals surface area contributed by atoms with Gasteiger partial charge in [0.05, 0.1) is 0 Å². The summed E-state index contributed by atoms with van der Waals surface area (Å²) in [4.78, 5) is 10.3. The van der Waals surface area contributed by atoms with Gasteiger partial charge in [-0.3, -0.25) is 4.79 Å². The first-order valence-corrected chi connectivity index (χ1v) is 7.04. The highest BCUT2D eigenvalue weighted by molar-refractivity contribution is 7.89. The monoisotopic (exact) mass is 289 g/mol. The van der Waals surface area contributed by atoms with Crippen molar-refractivity contribution in [1.82, 2.24) is 4.72 Å². The van der Waals surface area contributed by atoms with Crippen molar-refractivity contribution in [3.8, 4) is 0 Å². The number of halogens is 1. The van der Waals surface area contributed by atoms with E-state index in [4.69, 9.17) is 5.73 Å². The number of amides is 1. The predicted molar refractivity (Wildman–Crippen MR) is 69.5 cm³/mol. The fraction of sp³-hybridized carbons (Fsp3) is 0.364. The Bertz CT molecular complexity index is 575. The zero-order chi connectivity index (χ0) is 14.6. The molecule has 0 unspecified atom stereocenters. The lowest BCUT2D eigenvalue weighted by Gasteiger charge is -2.13. The van der Waals surface area contributed by atoms with Crippen LogP contribution < -0.4 is 15.8 Å². The van der Waals surface area contributed by atoms with Crippen molar-refractivity contribution in [2.45, 2.75) is 24.8 Å². The van der Waals surface area contributed by atoms with Gasteiger partial charge in [0.2, 0.25) is 15.9 Å². The van der Waals surface area contributed by atoms with Crippen LogP contribution in [0.4, 0.5) is 10.1 Å². The smallest absolute Gasteiger partial charge is 0.243 e. The van der Waals surface area contributed by atoms with E-state index in [0.29, 0.717) is 0 Å². The van der Waals surface area contributed by atoms with Gasteiger partial charge in [-0.1, -0.05) is 0 Å². The molecule has 19 heavy (non-hydrogen) atoms. The lowest BCUT2D eigenvalue weighted by atomic mass is 10.3. The third kappa shape index (κ3) is 4.27. The van der Waals surface area contributed by atoms with E-state index in [1.807, 2.05) is 0 Å². The molecule has 0 aromatic heterocycles. The molecule has 0 saturated heterocycles. The van der Waals surface area contributed by atoms with Crippen LogP contribution in [-0.2, 0) is 14.8 Å². The number of rotatable bonds is 5. The van der Waals surface area contributed by atoms with Crippen molar-refractivity contribution >= 4 is 21.6 Å². The maximum absolute atomic E-state index is 13.7. The number of carbonyl (C=O) groups is 1. The summed E-state index contributed by atoms with van der Waals surface area (Å²) in [5.74, 6) is -1.31. The maximum atomic E-state index is 13.7. The summed E-state index contributed by atoms with van der Waals surface area (Å²) in [5.41, 5.74) is 5.50. The van der Waals surface area contributed by atoms with Gasteiger partial charge in [0.15, 0.2) is 0 Å². The van der Waals surface area contributed by atoms with Crippen molar-refractivity contribution in [2.75, 3.05) is 11.9 Å². The minimum Gasteiger partial charge on any atom is -0.329 e. The molecule has 8 heteroatoms. The Morgan fingerprint density at radius 3 is 2.58 bits per heavy atom. The van der Waals surface area contributed by atoms with E-state index < -0.39 is 26.8 Å². The Kier molecular flexibility index (Phi) is 4.98. The number of sulfonamides is 1. The number of hydrogen-bond acceptors (Lipinski definition) is 4. The number of hydrogen-bond donors (Lipinski definition) is 3. The number of anilines is 1. The molecule has 0 fully saturated rings. The zero-order valence-electron chi connectivity index (χ0n) is 10.6. The lowest BCUT2D eigenvalue weighted by molar-refractivity contribution is -0.114. The van der Waals surface area contributed by atoms with Crippen molar-refractivity contribution in [2.24, 2.45) is 5.73 Å². The average Bonchev–Trinajstić information content (AvgIpc) is 2.26. The third-order valence-electron chi connectivity index (χ3n) is 2.25. The highest BCUT2D eigenvalue weighted by Gasteiger charge is 2.21. The van der Waals surface area contributed by atoms with Gasteiger partial charge in [0, 0.05) is 25.2 Å². The fourth-order valence-electron chi connectivity index (χ4n) is 1.38. The van der Waals surface area contributed by atoms with Crippen LogP contribution in [0.3, 0.4) is 0 Å². The molecule has 0 heterocycles. The van der Waals surface area contributed by atoms with Gasteiger partial charge < -0.3 is 11.1 Å². The summed E-state index contributed by atoms with van der Waals surface area (Å²) >= 11 is 0. The second kappa shape index (κ2) is 6.09. The topological polar surface area (TPSA) is 101 Å². The molecular formula is C11H16FN3O3S. The van der Waals surface area contributed by atoms with Gasteiger partial charge in [-0.2, -0.15) is 0 Å². The normalized spacial score (nSPS) is 13.1. The highest BCUT2D eigenvalue weighted by atomic mass is 32.2. The van der Waals surface area contributed by atoms with Crippen LogP contribution in [0.1, 0.15) is 13.8 Å². The van der Waals surface area contributed by atoms with Gasteiger partial charge in [-0.25, -0.2) is 17.5 Å². The van der Waals surface area contributed by atoms with E-state index in [0.717, 1.165) is 12.1 Å². The first-order chi connectivity index (χ1) is 8.76. The number of nitrogens with two attached hydrogens (primary N) is 1. The summed E-state index contributed by atoms with van der Waals surface area (Å²) in [7, 11) is -3.97. The zero-order valence-corrected chi connectivity index (χ0v) is 11.4. The molecule has 0 radical (unpaired) electrons. The SMILES string of the molecule is CC(=O)Nc1ccc(S(=O)(=O)N[C@H](C)CN)c(F)c1. The van der Waals surface area contributed by atoms with Gasteiger partial charge in [-0.05, 0) is 25.1 Å². The van der Waals surface area contributed by atoms with E-state index >= 15 is 0 Å². The molecule has 106 valence electrons. The Morgan fingerprint density at radius 2 is 2.11 bits per heavy atom. The van der Waals surface area contributed by atoms with Crippen LogP contribution in [0.25, 0.3) is 0 Å². The molecule has 1 aromatic rings. The molecule has 0 saturated carbocycles. The summed E-state index contributed by atoms with van der Waals surface area (Å²) in [6, 6.07) is 2.85. The van der Waals surface area contributed by atoms with Crippen LogP contribution in [-0.4, -0.2) is 26.9 Å². The van der Waals surface area contributed by atoms with E-state index in [1.165, 1.54) is 13.0 Å². The Morgan fingerprint density at radius 1 is 1.47 bits per heavy atom. The maximum Gasteiger partial charge on any atom is 0.243 e. The molecule has 4 N–H and O–H groups in total. The summed E-state index contributed by atoms with van der Waals surface area (Å²) in [6.07, 6.45) is 0. The van der Waals surface area contributed by atoms with Crippen molar-refractivity contribution in [3.63, 3.8) is 0 Å². The highest BCUT2D eigenvalue weighted by Crippen LogP contribution is 2.19. The molecule has 0 aliphatic rings. The van der Waals surface area contributed by atoms with E-state index in [-0.39, 0.29) is 18.1 Å². The van der Waals surface area contributed by atoms with Crippen LogP contribution in [0, 0.1) is 5.82 Å². The minimum absolute atomic E-state index is 0.102. The van der Waals surface area contributed by atoms with Crippen molar-refractivity contribution < 1.29 is 17.6 Å². The number of carbonyl (C=O) groups excluding carboxylic acids is 1. The molecule has 1 amide bonds. The number of benzene rings is 1. The van der Waals surface area contributed by atoms with Gasteiger partial charge in [0.1, 0.15) is 10.7 Å². The Hall–Kier alpha value is -1.51. The Balaban J connectivity index is 3.05. The molecule has 0 spiro atoms.